The zero-order valence-electron chi connectivity index (χ0n) is 22.5. The molecule has 2 aromatic rings. The quantitative estimate of drug-likeness (QED) is 0.558. The van der Waals surface area contributed by atoms with Gasteiger partial charge in [0.15, 0.2) is 5.60 Å². The van der Waals surface area contributed by atoms with Crippen LogP contribution in [0.5, 0.6) is 0 Å². The van der Waals surface area contributed by atoms with Crippen LogP contribution in [-0.4, -0.2) is 72.0 Å². The number of rotatable bonds is 7. The number of amides is 2. The first-order chi connectivity index (χ1) is 18.3. The summed E-state index contributed by atoms with van der Waals surface area (Å²) in [6.45, 7) is 3.39. The van der Waals surface area contributed by atoms with E-state index in [0.29, 0.717) is 41.2 Å². The molecular formula is C30H39ClN4O3. The maximum atomic E-state index is 13.5. The molecule has 2 saturated heterocycles. The van der Waals surface area contributed by atoms with Gasteiger partial charge in [-0.05, 0) is 87.1 Å². The lowest BCUT2D eigenvalue weighted by Crippen LogP contribution is -2.51. The van der Waals surface area contributed by atoms with Gasteiger partial charge in [-0.3, -0.25) is 14.6 Å². The molecule has 3 heterocycles. The summed E-state index contributed by atoms with van der Waals surface area (Å²) in [5.74, 6) is 1.03. The number of nitrogens with zero attached hydrogens (tertiary/aromatic N) is 4. The van der Waals surface area contributed by atoms with E-state index in [9.17, 15) is 14.7 Å². The van der Waals surface area contributed by atoms with Gasteiger partial charge in [0.2, 0.25) is 0 Å². The first kappa shape index (κ1) is 26.9. The maximum Gasteiger partial charge on any atom is 0.261 e. The Morgan fingerprint density at radius 2 is 1.66 bits per heavy atom. The fourth-order valence-corrected chi connectivity index (χ4v) is 6.46. The average molecular weight is 539 g/mol. The lowest BCUT2D eigenvalue weighted by molar-refractivity contribution is -0.157. The van der Waals surface area contributed by atoms with E-state index >= 15 is 0 Å². The minimum Gasteiger partial charge on any atom is -0.374 e. The summed E-state index contributed by atoms with van der Waals surface area (Å²) in [4.78, 5) is 35.9. The second kappa shape index (κ2) is 11.2. The van der Waals surface area contributed by atoms with Crippen molar-refractivity contribution >= 4 is 29.1 Å². The van der Waals surface area contributed by atoms with Crippen LogP contribution < -0.4 is 4.90 Å². The first-order valence-electron chi connectivity index (χ1n) is 14.0. The highest BCUT2D eigenvalue weighted by Gasteiger charge is 2.53. The van der Waals surface area contributed by atoms with Gasteiger partial charge in [-0.15, -0.1) is 0 Å². The Hall–Kier alpha value is -2.64. The Morgan fingerprint density at radius 3 is 2.21 bits per heavy atom. The molecule has 1 aromatic carbocycles. The normalized spacial score (nSPS) is 20.7. The fraction of sp³-hybridized carbons (Fsp3) is 0.567. The number of benzene rings is 1. The maximum absolute atomic E-state index is 13.5. The van der Waals surface area contributed by atoms with E-state index in [1.807, 2.05) is 35.2 Å². The molecule has 1 aliphatic carbocycles. The van der Waals surface area contributed by atoms with Gasteiger partial charge in [0.1, 0.15) is 0 Å². The average Bonchev–Trinajstić information content (AvgIpc) is 3.79. The van der Waals surface area contributed by atoms with Crippen LogP contribution in [0, 0.1) is 17.8 Å². The molecule has 0 radical (unpaired) electrons. The van der Waals surface area contributed by atoms with Crippen molar-refractivity contribution in [3.05, 3.63) is 58.9 Å². The van der Waals surface area contributed by atoms with E-state index in [1.54, 1.807) is 31.3 Å². The predicted octanol–water partition coefficient (Wildman–Crippen LogP) is 4.58. The number of pyridine rings is 1. The largest absolute Gasteiger partial charge is 0.374 e. The number of hydrogen-bond donors (Lipinski definition) is 1. The Kier molecular flexibility index (Phi) is 7.96. The minimum atomic E-state index is -1.48. The van der Waals surface area contributed by atoms with Crippen molar-refractivity contribution in [3.8, 4) is 0 Å². The molecule has 2 aliphatic heterocycles. The summed E-state index contributed by atoms with van der Waals surface area (Å²) in [6, 6.07) is 11.2. The Labute approximate surface area is 230 Å². The van der Waals surface area contributed by atoms with Crippen molar-refractivity contribution < 1.29 is 14.7 Å². The van der Waals surface area contributed by atoms with Crippen molar-refractivity contribution in [3.63, 3.8) is 0 Å². The van der Waals surface area contributed by atoms with Gasteiger partial charge in [-0.25, -0.2) is 0 Å². The van der Waals surface area contributed by atoms with Crippen LogP contribution in [-0.2, 0) is 10.4 Å². The van der Waals surface area contributed by atoms with Crippen molar-refractivity contribution in [1.29, 1.82) is 0 Å². The molecule has 38 heavy (non-hydrogen) atoms. The molecule has 204 valence electrons. The molecule has 1 aromatic heterocycles. The van der Waals surface area contributed by atoms with E-state index in [-0.39, 0.29) is 17.7 Å². The standard InChI is InChI=1S/C30H39ClN4O3/c1-33(2)28(36)25-9-8-24(20-26(25)31)34-15-10-21(11-16-34)19-22-12-17-35(18-13-22)29(37)30(38,23-6-7-23)27-5-3-4-14-32-27/h3-5,8-9,14,20-23,38H,6-7,10-13,15-19H2,1-2H3. The number of anilines is 1. The fourth-order valence-electron chi connectivity index (χ4n) is 6.21. The molecule has 3 fully saturated rings. The third kappa shape index (κ3) is 5.55. The highest BCUT2D eigenvalue weighted by Crippen LogP contribution is 2.46. The molecule has 1 saturated carbocycles. The monoisotopic (exact) mass is 538 g/mol. The minimum absolute atomic E-state index is 0.0210. The molecule has 5 rings (SSSR count). The van der Waals surface area contributed by atoms with E-state index in [1.165, 1.54) is 6.42 Å². The van der Waals surface area contributed by atoms with Gasteiger partial charge in [0.05, 0.1) is 16.3 Å². The van der Waals surface area contributed by atoms with Gasteiger partial charge >= 0.3 is 0 Å². The van der Waals surface area contributed by atoms with Crippen LogP contribution in [0.2, 0.25) is 5.02 Å². The molecule has 1 N–H and O–H groups in total. The SMILES string of the molecule is CN(C)C(=O)c1ccc(N2CCC(CC3CCN(C(=O)C(O)(c4ccccn4)C4CC4)CC3)CC2)cc1Cl. The number of carbonyl (C=O) groups excluding carboxylic acids is 2. The lowest BCUT2D eigenvalue weighted by atomic mass is 9.82. The van der Waals surface area contributed by atoms with E-state index < -0.39 is 5.60 Å². The summed E-state index contributed by atoms with van der Waals surface area (Å²) in [5, 5.41) is 12.0. The second-order valence-corrected chi connectivity index (χ2v) is 11.9. The zero-order valence-corrected chi connectivity index (χ0v) is 23.2. The van der Waals surface area contributed by atoms with Crippen LogP contribution >= 0.6 is 11.6 Å². The smallest absolute Gasteiger partial charge is 0.261 e. The summed E-state index contributed by atoms with van der Waals surface area (Å²) in [7, 11) is 3.46. The number of aliphatic hydroxyl groups is 1. The number of hydrogen-bond acceptors (Lipinski definition) is 5. The van der Waals surface area contributed by atoms with Crippen molar-refractivity contribution in [2.24, 2.45) is 17.8 Å². The zero-order chi connectivity index (χ0) is 26.9. The molecule has 0 spiro atoms. The number of piperidine rings is 2. The number of aromatic nitrogens is 1. The topological polar surface area (TPSA) is 77.0 Å². The Bertz CT molecular complexity index is 1140. The summed E-state index contributed by atoms with van der Waals surface area (Å²) >= 11 is 6.44. The molecule has 7 nitrogen and oxygen atoms in total. The second-order valence-electron chi connectivity index (χ2n) is 11.5. The Balaban J connectivity index is 1.11. The molecule has 8 heteroatoms. The first-order valence-corrected chi connectivity index (χ1v) is 14.3. The van der Waals surface area contributed by atoms with Crippen LogP contribution in [0.25, 0.3) is 0 Å². The van der Waals surface area contributed by atoms with E-state index in [2.05, 4.69) is 9.88 Å². The molecule has 0 bridgehead atoms. The third-order valence-electron chi connectivity index (χ3n) is 8.69. The number of likely N-dealkylation sites (tertiary alicyclic amines) is 1. The molecule has 2 amide bonds. The highest BCUT2D eigenvalue weighted by atomic mass is 35.5. The summed E-state index contributed by atoms with van der Waals surface area (Å²) in [6.07, 6.45) is 8.85. The molecule has 1 atom stereocenters. The predicted molar refractivity (Wildman–Crippen MR) is 149 cm³/mol. The summed E-state index contributed by atoms with van der Waals surface area (Å²) in [5.41, 5.74) is 0.617. The summed E-state index contributed by atoms with van der Waals surface area (Å²) < 4.78 is 0. The molecular weight excluding hydrogens is 500 g/mol. The van der Waals surface area contributed by atoms with Gasteiger partial charge in [0.25, 0.3) is 11.8 Å². The molecule has 3 aliphatic rings. The van der Waals surface area contributed by atoms with Crippen molar-refractivity contribution in [2.75, 3.05) is 45.2 Å². The Morgan fingerprint density at radius 1 is 1.00 bits per heavy atom. The van der Waals surface area contributed by atoms with Crippen LogP contribution in [0.1, 0.15) is 61.0 Å². The van der Waals surface area contributed by atoms with Gasteiger partial charge in [0, 0.05) is 58.1 Å². The van der Waals surface area contributed by atoms with Crippen LogP contribution in [0.3, 0.4) is 0 Å². The van der Waals surface area contributed by atoms with Crippen LogP contribution in [0.15, 0.2) is 42.6 Å². The van der Waals surface area contributed by atoms with Gasteiger partial charge in [-0.2, -0.15) is 0 Å². The number of carbonyl (C=O) groups is 2. The van der Waals surface area contributed by atoms with E-state index in [0.717, 1.165) is 57.3 Å². The van der Waals surface area contributed by atoms with E-state index in [4.69, 9.17) is 11.6 Å². The molecule has 1 unspecified atom stereocenters. The van der Waals surface area contributed by atoms with Crippen molar-refractivity contribution in [2.45, 2.75) is 50.5 Å². The van der Waals surface area contributed by atoms with Crippen molar-refractivity contribution in [1.82, 2.24) is 14.8 Å². The third-order valence-corrected chi connectivity index (χ3v) is 9.00. The number of halogens is 1. The van der Waals surface area contributed by atoms with Gasteiger partial charge < -0.3 is 19.8 Å². The lowest BCUT2D eigenvalue weighted by Gasteiger charge is -2.39. The highest BCUT2D eigenvalue weighted by molar-refractivity contribution is 6.34. The van der Waals surface area contributed by atoms with Crippen LogP contribution in [0.4, 0.5) is 5.69 Å². The van der Waals surface area contributed by atoms with Gasteiger partial charge in [-0.1, -0.05) is 17.7 Å².